The van der Waals surface area contributed by atoms with Crippen LogP contribution >= 0.6 is 22.6 Å². The Morgan fingerprint density at radius 3 is 2.26 bits per heavy atom. The molecule has 0 amide bonds. The molecule has 0 aromatic heterocycles. The lowest BCUT2D eigenvalue weighted by Gasteiger charge is -2.10. The van der Waals surface area contributed by atoms with Crippen LogP contribution in [-0.2, 0) is 10.0 Å². The van der Waals surface area contributed by atoms with Gasteiger partial charge in [-0.05, 0) is 47.7 Å². The Morgan fingerprint density at radius 2 is 1.65 bits per heavy atom. The van der Waals surface area contributed by atoms with Crippen molar-refractivity contribution in [3.63, 3.8) is 0 Å². The van der Waals surface area contributed by atoms with Crippen LogP contribution in [0.2, 0.25) is 0 Å². The predicted molar refractivity (Wildman–Crippen MR) is 87.3 cm³/mol. The number of hydrogen-bond acceptors (Lipinski definition) is 4. The van der Waals surface area contributed by atoms with Crippen molar-refractivity contribution in [1.29, 1.82) is 0 Å². The summed E-state index contributed by atoms with van der Waals surface area (Å²) in [7, 11) is -3.84. The summed E-state index contributed by atoms with van der Waals surface area (Å²) in [6.45, 7) is 1.84. The summed E-state index contributed by atoms with van der Waals surface area (Å²) in [4.78, 5) is 0.0712. The number of rotatable bonds is 3. The zero-order valence-corrected chi connectivity index (χ0v) is 14.6. The maximum absolute atomic E-state index is 13.1. The Labute approximate surface area is 144 Å². The maximum Gasteiger partial charge on any atom is 0.586 e. The number of ether oxygens (including phenoxy) is 2. The number of sulfonamides is 1. The van der Waals surface area contributed by atoms with Crippen molar-refractivity contribution in [2.75, 3.05) is 4.72 Å². The van der Waals surface area contributed by atoms with E-state index in [-0.39, 0.29) is 22.1 Å². The molecule has 23 heavy (non-hydrogen) atoms. The van der Waals surface area contributed by atoms with E-state index >= 15 is 0 Å². The summed E-state index contributed by atoms with van der Waals surface area (Å²) in [6.07, 6.45) is -3.75. The molecule has 5 nitrogen and oxygen atoms in total. The van der Waals surface area contributed by atoms with Gasteiger partial charge in [0.05, 0.1) is 10.6 Å². The van der Waals surface area contributed by atoms with Crippen LogP contribution < -0.4 is 14.2 Å². The molecule has 0 radical (unpaired) electrons. The lowest BCUT2D eigenvalue weighted by Crippen LogP contribution is -2.25. The molecule has 0 atom stereocenters. The SMILES string of the molecule is Cc1ccc(S(=O)(=O)Nc2cc3c(cc2I)OC(F)(F)O3)cc1. The number of benzene rings is 2. The zero-order valence-electron chi connectivity index (χ0n) is 11.6. The van der Waals surface area contributed by atoms with Gasteiger partial charge < -0.3 is 9.47 Å². The van der Waals surface area contributed by atoms with Gasteiger partial charge in [-0.2, -0.15) is 0 Å². The highest BCUT2D eigenvalue weighted by molar-refractivity contribution is 14.1. The molecule has 0 unspecified atom stereocenters. The highest BCUT2D eigenvalue weighted by Gasteiger charge is 2.44. The number of aryl methyl sites for hydroxylation is 1. The fourth-order valence-electron chi connectivity index (χ4n) is 1.97. The Hall–Kier alpha value is -1.62. The van der Waals surface area contributed by atoms with Gasteiger partial charge in [0.25, 0.3) is 10.0 Å². The van der Waals surface area contributed by atoms with E-state index in [1.165, 1.54) is 24.3 Å². The van der Waals surface area contributed by atoms with Gasteiger partial charge in [-0.3, -0.25) is 4.72 Å². The van der Waals surface area contributed by atoms with Crippen LogP contribution in [0, 0.1) is 10.5 Å². The first-order chi connectivity index (χ1) is 10.7. The highest BCUT2D eigenvalue weighted by atomic mass is 127. The van der Waals surface area contributed by atoms with Gasteiger partial charge >= 0.3 is 6.29 Å². The molecule has 0 saturated heterocycles. The second-order valence-electron chi connectivity index (χ2n) is 4.86. The van der Waals surface area contributed by atoms with Gasteiger partial charge in [0.1, 0.15) is 0 Å². The Bertz CT molecular complexity index is 869. The van der Waals surface area contributed by atoms with E-state index in [0.717, 1.165) is 5.56 Å². The number of alkyl halides is 2. The Morgan fingerprint density at radius 1 is 1.09 bits per heavy atom. The topological polar surface area (TPSA) is 64.6 Å². The molecule has 2 aromatic rings. The molecule has 1 aliphatic heterocycles. The van der Waals surface area contributed by atoms with Crippen molar-refractivity contribution in [2.45, 2.75) is 18.1 Å². The van der Waals surface area contributed by atoms with E-state index in [9.17, 15) is 17.2 Å². The number of fused-ring (bicyclic) bond motifs is 1. The van der Waals surface area contributed by atoms with Crippen LogP contribution in [0.4, 0.5) is 14.5 Å². The van der Waals surface area contributed by atoms with Crippen molar-refractivity contribution in [1.82, 2.24) is 0 Å². The minimum atomic E-state index is -3.84. The summed E-state index contributed by atoms with van der Waals surface area (Å²) in [5.74, 6) is -0.366. The summed E-state index contributed by atoms with van der Waals surface area (Å²) in [5, 5.41) is 0. The molecule has 0 fully saturated rings. The van der Waals surface area contributed by atoms with E-state index in [1.54, 1.807) is 12.1 Å². The highest BCUT2D eigenvalue weighted by Crippen LogP contribution is 2.44. The lowest BCUT2D eigenvalue weighted by molar-refractivity contribution is -0.286. The fraction of sp³-hybridized carbons (Fsp3) is 0.143. The molecular formula is C14H10F2INO4S. The van der Waals surface area contributed by atoms with Crippen LogP contribution in [0.15, 0.2) is 41.3 Å². The third kappa shape index (κ3) is 3.34. The van der Waals surface area contributed by atoms with Crippen LogP contribution in [0.5, 0.6) is 11.5 Å². The van der Waals surface area contributed by atoms with Crippen LogP contribution in [0.25, 0.3) is 0 Å². The molecule has 3 rings (SSSR count). The second kappa shape index (κ2) is 5.48. The smallest absolute Gasteiger partial charge is 0.395 e. The van der Waals surface area contributed by atoms with Crippen molar-refractivity contribution in [3.8, 4) is 11.5 Å². The van der Waals surface area contributed by atoms with Crippen molar-refractivity contribution >= 4 is 38.3 Å². The normalized spacial score (nSPS) is 15.5. The summed E-state index contributed by atoms with van der Waals surface area (Å²) in [5.41, 5.74) is 1.05. The van der Waals surface area contributed by atoms with Crippen LogP contribution in [-0.4, -0.2) is 14.7 Å². The minimum Gasteiger partial charge on any atom is -0.395 e. The maximum atomic E-state index is 13.1. The van der Waals surface area contributed by atoms with Crippen molar-refractivity contribution < 1.29 is 26.7 Å². The third-order valence-corrected chi connectivity index (χ3v) is 5.34. The number of hydrogen-bond donors (Lipinski definition) is 1. The van der Waals surface area contributed by atoms with E-state index in [1.807, 2.05) is 29.5 Å². The molecule has 0 saturated carbocycles. The van der Waals surface area contributed by atoms with Gasteiger partial charge in [-0.25, -0.2) is 8.42 Å². The Balaban J connectivity index is 1.93. The fourth-order valence-corrected chi connectivity index (χ4v) is 3.80. The number of anilines is 1. The lowest BCUT2D eigenvalue weighted by atomic mass is 10.2. The molecule has 0 spiro atoms. The van der Waals surface area contributed by atoms with E-state index < -0.39 is 16.3 Å². The average Bonchev–Trinajstić information content (AvgIpc) is 2.72. The molecule has 9 heteroatoms. The summed E-state index contributed by atoms with van der Waals surface area (Å²) >= 11 is 1.82. The standard InChI is InChI=1S/C14H10F2INO4S/c1-8-2-4-9(5-3-8)23(19,20)18-11-7-13-12(6-10(11)17)21-14(15,16)22-13/h2-7,18H,1H3. The van der Waals surface area contributed by atoms with E-state index in [4.69, 9.17) is 0 Å². The second-order valence-corrected chi connectivity index (χ2v) is 7.71. The van der Waals surface area contributed by atoms with Gasteiger partial charge in [-0.15, -0.1) is 8.78 Å². The van der Waals surface area contributed by atoms with Crippen LogP contribution in [0.3, 0.4) is 0 Å². The monoisotopic (exact) mass is 453 g/mol. The largest absolute Gasteiger partial charge is 0.586 e. The summed E-state index contributed by atoms with van der Waals surface area (Å²) < 4.78 is 62.2. The molecule has 1 N–H and O–H groups in total. The number of halogens is 3. The minimum absolute atomic E-state index is 0.0712. The van der Waals surface area contributed by atoms with E-state index in [2.05, 4.69) is 14.2 Å². The van der Waals surface area contributed by atoms with Crippen LogP contribution in [0.1, 0.15) is 5.56 Å². The first-order valence-electron chi connectivity index (χ1n) is 6.35. The molecule has 122 valence electrons. The number of nitrogens with one attached hydrogen (secondary N) is 1. The van der Waals surface area contributed by atoms with Gasteiger partial charge in [0, 0.05) is 9.64 Å². The molecule has 0 bridgehead atoms. The zero-order chi connectivity index (χ0) is 16.8. The summed E-state index contributed by atoms with van der Waals surface area (Å²) in [6, 6.07) is 8.71. The van der Waals surface area contributed by atoms with E-state index in [0.29, 0.717) is 3.57 Å². The van der Waals surface area contributed by atoms with Gasteiger partial charge in [-0.1, -0.05) is 17.7 Å². The first kappa shape index (κ1) is 16.2. The molecule has 0 aliphatic carbocycles. The first-order valence-corrected chi connectivity index (χ1v) is 8.91. The van der Waals surface area contributed by atoms with Crippen molar-refractivity contribution in [3.05, 3.63) is 45.5 Å². The van der Waals surface area contributed by atoms with Gasteiger partial charge in [0.2, 0.25) is 0 Å². The molecule has 1 heterocycles. The molecular weight excluding hydrogens is 443 g/mol. The predicted octanol–water partition coefficient (Wildman–Crippen LogP) is 3.72. The Kier molecular flexibility index (Phi) is 3.87. The quantitative estimate of drug-likeness (QED) is 0.720. The van der Waals surface area contributed by atoms with Crippen molar-refractivity contribution in [2.24, 2.45) is 0 Å². The van der Waals surface area contributed by atoms with Gasteiger partial charge in [0.15, 0.2) is 11.5 Å². The molecule has 2 aromatic carbocycles. The average molecular weight is 453 g/mol. The third-order valence-electron chi connectivity index (χ3n) is 3.07. The molecule has 1 aliphatic rings.